The number of rotatable bonds is 5. The maximum absolute atomic E-state index is 14.6. The zero-order chi connectivity index (χ0) is 21.7. The number of nitrogens with zero attached hydrogens (tertiary/aromatic N) is 5. The van der Waals surface area contributed by atoms with Crippen LogP contribution in [-0.2, 0) is 0 Å². The molecule has 6 N–H and O–H groups in total. The Bertz CT molecular complexity index is 1350. The Labute approximate surface area is 179 Å². The molecule has 0 aliphatic heterocycles. The SMILES string of the molecule is Nc1nc(N)c(Cl)c(N[C@H](c2nc3c(F)cccc3c(=O)n2-c2cc[nH]n2)C2CC2)n1. The molecule has 0 bridgehead atoms. The van der Waals surface area contributed by atoms with Crippen molar-refractivity contribution < 1.29 is 4.39 Å². The van der Waals surface area contributed by atoms with Crippen molar-refractivity contribution in [1.29, 1.82) is 0 Å². The second-order valence-electron chi connectivity index (χ2n) is 7.27. The van der Waals surface area contributed by atoms with Gasteiger partial charge in [0.2, 0.25) is 5.95 Å². The van der Waals surface area contributed by atoms with Crippen LogP contribution in [0.1, 0.15) is 24.7 Å². The fourth-order valence-corrected chi connectivity index (χ4v) is 3.68. The molecule has 1 aliphatic rings. The van der Waals surface area contributed by atoms with E-state index in [0.717, 1.165) is 12.8 Å². The smallest absolute Gasteiger partial charge is 0.267 e. The summed E-state index contributed by atoms with van der Waals surface area (Å²) < 4.78 is 15.9. The molecule has 12 heteroatoms. The van der Waals surface area contributed by atoms with Gasteiger partial charge in [-0.3, -0.25) is 9.89 Å². The molecule has 158 valence electrons. The van der Waals surface area contributed by atoms with Gasteiger partial charge in [0.05, 0.1) is 11.4 Å². The standard InChI is InChI=1S/C19H17ClFN9O/c20-12-15(22)27-19(23)28-16(12)25-13(8-4-5-8)17-26-14-9(2-1-3-10(14)21)18(31)30(17)11-6-7-24-29-11/h1-3,6-8,13H,4-5H2,(H,24,29)(H5,22,23,25,27,28)/t13-/m0/s1. The highest BCUT2D eigenvalue weighted by atomic mass is 35.5. The van der Waals surface area contributed by atoms with Crippen molar-refractivity contribution in [3.63, 3.8) is 0 Å². The Morgan fingerprint density at radius 3 is 2.74 bits per heavy atom. The molecule has 0 spiro atoms. The Morgan fingerprint density at radius 1 is 1.23 bits per heavy atom. The largest absolute Gasteiger partial charge is 0.382 e. The predicted octanol–water partition coefficient (Wildman–Crippen LogP) is 2.42. The van der Waals surface area contributed by atoms with Crippen LogP contribution >= 0.6 is 11.6 Å². The zero-order valence-electron chi connectivity index (χ0n) is 16.0. The van der Waals surface area contributed by atoms with Crippen LogP contribution in [0.4, 0.5) is 22.0 Å². The molecule has 1 atom stereocenters. The molecule has 0 radical (unpaired) electrons. The monoisotopic (exact) mass is 441 g/mol. The van der Waals surface area contributed by atoms with E-state index in [0.29, 0.717) is 5.82 Å². The van der Waals surface area contributed by atoms with Gasteiger partial charge in [-0.2, -0.15) is 15.1 Å². The molecule has 0 unspecified atom stereocenters. The molecule has 1 aromatic carbocycles. The maximum atomic E-state index is 14.6. The number of fused-ring (bicyclic) bond motifs is 1. The van der Waals surface area contributed by atoms with E-state index in [1.54, 1.807) is 12.3 Å². The maximum Gasteiger partial charge on any atom is 0.267 e. The normalized spacial score (nSPS) is 14.6. The number of nitrogen functional groups attached to an aromatic ring is 2. The highest BCUT2D eigenvalue weighted by Gasteiger charge is 2.37. The molecular weight excluding hydrogens is 425 g/mol. The minimum absolute atomic E-state index is 0.0189. The van der Waals surface area contributed by atoms with Gasteiger partial charge in [0, 0.05) is 12.3 Å². The lowest BCUT2D eigenvalue weighted by atomic mass is 10.1. The van der Waals surface area contributed by atoms with Gasteiger partial charge in [-0.15, -0.1) is 0 Å². The molecule has 5 rings (SSSR count). The number of hydrogen-bond donors (Lipinski definition) is 4. The number of H-pyrrole nitrogens is 1. The third-order valence-electron chi connectivity index (χ3n) is 5.15. The van der Waals surface area contributed by atoms with Crippen LogP contribution in [-0.4, -0.2) is 29.7 Å². The number of benzene rings is 1. The molecule has 1 fully saturated rings. The Balaban J connectivity index is 1.75. The first kappa shape index (κ1) is 19.2. The Hall–Kier alpha value is -3.73. The first-order valence-corrected chi connectivity index (χ1v) is 9.88. The number of para-hydroxylation sites is 1. The lowest BCUT2D eigenvalue weighted by Crippen LogP contribution is -2.30. The number of anilines is 3. The predicted molar refractivity (Wildman–Crippen MR) is 114 cm³/mol. The Kier molecular flexibility index (Phi) is 4.47. The fraction of sp³-hybridized carbons (Fsp3) is 0.211. The summed E-state index contributed by atoms with van der Waals surface area (Å²) in [6.07, 6.45) is 3.33. The first-order chi connectivity index (χ1) is 14.9. The highest BCUT2D eigenvalue weighted by molar-refractivity contribution is 6.35. The number of nitrogens with two attached hydrogens (primary N) is 2. The van der Waals surface area contributed by atoms with E-state index in [-0.39, 0.29) is 45.3 Å². The van der Waals surface area contributed by atoms with Crippen LogP contribution in [0.2, 0.25) is 5.02 Å². The summed E-state index contributed by atoms with van der Waals surface area (Å²) in [5.41, 5.74) is 11.1. The number of aromatic nitrogens is 6. The molecule has 3 heterocycles. The first-order valence-electron chi connectivity index (χ1n) is 9.50. The van der Waals surface area contributed by atoms with Crippen molar-refractivity contribution >= 4 is 40.1 Å². The van der Waals surface area contributed by atoms with Gasteiger partial charge in [-0.05, 0) is 30.9 Å². The van der Waals surface area contributed by atoms with Crippen molar-refractivity contribution in [3.05, 3.63) is 57.5 Å². The third kappa shape index (κ3) is 3.32. The number of nitrogens with one attached hydrogen (secondary N) is 2. The molecule has 4 aromatic rings. The second kappa shape index (κ2) is 7.20. The topological polar surface area (TPSA) is 153 Å². The quantitative estimate of drug-likeness (QED) is 0.368. The van der Waals surface area contributed by atoms with Gasteiger partial charge < -0.3 is 16.8 Å². The second-order valence-corrected chi connectivity index (χ2v) is 7.65. The molecule has 1 saturated carbocycles. The van der Waals surface area contributed by atoms with Crippen molar-refractivity contribution in [2.75, 3.05) is 16.8 Å². The molecule has 10 nitrogen and oxygen atoms in total. The average Bonchev–Trinajstić information content (AvgIpc) is 3.44. The minimum atomic E-state index is -0.590. The van der Waals surface area contributed by atoms with E-state index in [1.165, 1.54) is 22.8 Å². The molecule has 0 saturated heterocycles. The van der Waals surface area contributed by atoms with E-state index in [1.807, 2.05) is 0 Å². The summed E-state index contributed by atoms with van der Waals surface area (Å²) >= 11 is 6.28. The van der Waals surface area contributed by atoms with Crippen LogP contribution in [0.5, 0.6) is 0 Å². The van der Waals surface area contributed by atoms with Crippen LogP contribution in [0.3, 0.4) is 0 Å². The van der Waals surface area contributed by atoms with Gasteiger partial charge in [-0.1, -0.05) is 17.7 Å². The summed E-state index contributed by atoms with van der Waals surface area (Å²) in [6, 6.07) is 5.37. The van der Waals surface area contributed by atoms with Crippen molar-refractivity contribution in [1.82, 2.24) is 29.7 Å². The van der Waals surface area contributed by atoms with Crippen LogP contribution < -0.4 is 22.3 Å². The van der Waals surface area contributed by atoms with Gasteiger partial charge in [-0.25, -0.2) is 13.9 Å². The van der Waals surface area contributed by atoms with Gasteiger partial charge in [0.15, 0.2) is 11.6 Å². The molecule has 3 aromatic heterocycles. The molecular formula is C19H17ClFN9O. The van der Waals surface area contributed by atoms with Crippen LogP contribution in [0.15, 0.2) is 35.3 Å². The summed E-state index contributed by atoms with van der Waals surface area (Å²) in [5, 5.41) is 10.3. The van der Waals surface area contributed by atoms with Crippen molar-refractivity contribution in [2.24, 2.45) is 5.92 Å². The van der Waals surface area contributed by atoms with E-state index >= 15 is 0 Å². The fourth-order valence-electron chi connectivity index (χ4n) is 3.55. The summed E-state index contributed by atoms with van der Waals surface area (Å²) in [6.45, 7) is 0. The van der Waals surface area contributed by atoms with Crippen LogP contribution in [0.25, 0.3) is 16.7 Å². The number of aromatic amines is 1. The average molecular weight is 442 g/mol. The van der Waals surface area contributed by atoms with Gasteiger partial charge >= 0.3 is 0 Å². The van der Waals surface area contributed by atoms with Gasteiger partial charge in [0.1, 0.15) is 28.0 Å². The molecule has 1 aliphatic carbocycles. The van der Waals surface area contributed by atoms with E-state index < -0.39 is 17.4 Å². The number of halogens is 2. The lowest BCUT2D eigenvalue weighted by molar-refractivity contribution is 0.597. The zero-order valence-corrected chi connectivity index (χ0v) is 16.8. The minimum Gasteiger partial charge on any atom is -0.382 e. The van der Waals surface area contributed by atoms with Crippen molar-refractivity contribution in [3.8, 4) is 5.82 Å². The Morgan fingerprint density at radius 2 is 2.03 bits per heavy atom. The van der Waals surface area contributed by atoms with Crippen LogP contribution in [0, 0.1) is 11.7 Å². The third-order valence-corrected chi connectivity index (χ3v) is 5.52. The van der Waals surface area contributed by atoms with Gasteiger partial charge in [0.25, 0.3) is 5.56 Å². The lowest BCUT2D eigenvalue weighted by Gasteiger charge is -2.23. The number of hydrogen-bond acceptors (Lipinski definition) is 8. The summed E-state index contributed by atoms with van der Waals surface area (Å²) in [4.78, 5) is 25.9. The highest BCUT2D eigenvalue weighted by Crippen LogP contribution is 2.43. The summed E-state index contributed by atoms with van der Waals surface area (Å²) in [5.74, 6) is 0.306. The van der Waals surface area contributed by atoms with E-state index in [2.05, 4.69) is 30.5 Å². The molecule has 31 heavy (non-hydrogen) atoms. The van der Waals surface area contributed by atoms with E-state index in [9.17, 15) is 9.18 Å². The summed E-state index contributed by atoms with van der Waals surface area (Å²) in [7, 11) is 0. The van der Waals surface area contributed by atoms with Crippen molar-refractivity contribution in [2.45, 2.75) is 18.9 Å². The van der Waals surface area contributed by atoms with E-state index in [4.69, 9.17) is 23.1 Å². The molecule has 0 amide bonds.